The zero-order chi connectivity index (χ0) is 23.2. The van der Waals surface area contributed by atoms with Gasteiger partial charge in [0.1, 0.15) is 5.82 Å². The lowest BCUT2D eigenvalue weighted by molar-refractivity contribution is -0.122. The number of hydrogen-bond acceptors (Lipinski definition) is 6. The number of hydrogen-bond donors (Lipinski definition) is 2. The van der Waals surface area contributed by atoms with Crippen LogP contribution in [0.25, 0.3) is 0 Å². The molecule has 0 fully saturated rings. The summed E-state index contributed by atoms with van der Waals surface area (Å²) in [6.07, 6.45) is 8.48. The van der Waals surface area contributed by atoms with Gasteiger partial charge in [0, 0.05) is 43.2 Å². The van der Waals surface area contributed by atoms with E-state index < -0.39 is 5.41 Å². The topological polar surface area (TPSA) is 79.4 Å². The van der Waals surface area contributed by atoms with Crippen molar-refractivity contribution in [1.82, 2.24) is 15.3 Å². The van der Waals surface area contributed by atoms with E-state index in [1.54, 1.807) is 13.3 Å². The molecule has 1 aromatic rings. The van der Waals surface area contributed by atoms with Crippen LogP contribution in [-0.2, 0) is 14.9 Å². The minimum atomic E-state index is -0.620. The summed E-state index contributed by atoms with van der Waals surface area (Å²) in [6, 6.07) is 0.336. The largest absolute Gasteiger partial charge is 0.383 e. The van der Waals surface area contributed by atoms with E-state index in [0.29, 0.717) is 24.9 Å². The minimum absolute atomic E-state index is 0.0703. The van der Waals surface area contributed by atoms with Crippen molar-refractivity contribution in [1.29, 1.82) is 0 Å². The number of carbonyl (C=O) groups excluding carboxylic acids is 1. The van der Waals surface area contributed by atoms with Crippen LogP contribution in [0.3, 0.4) is 0 Å². The standard InChI is InChI=1S/C24H37N5O2/c1-9-18(5)29-21-20(24(6,7)22(29)30)14-26-23(28-21)27-19(10-2)12-11-16(3)13-25-17(4)15-31-8/h10-12,14,17-18,25H,3,9,13,15H2,1-2,4-8H3,(H,26,27,28)/b12-11-,19-10+/t17?,18-/m0/s1. The van der Waals surface area contributed by atoms with Crippen molar-refractivity contribution in [2.75, 3.05) is 30.5 Å². The average molecular weight is 428 g/mol. The summed E-state index contributed by atoms with van der Waals surface area (Å²) in [4.78, 5) is 24.0. The van der Waals surface area contributed by atoms with E-state index in [9.17, 15) is 4.79 Å². The Morgan fingerprint density at radius 1 is 1.35 bits per heavy atom. The molecule has 1 aliphatic heterocycles. The van der Waals surface area contributed by atoms with E-state index in [0.717, 1.165) is 23.3 Å². The Morgan fingerprint density at radius 2 is 2.06 bits per heavy atom. The van der Waals surface area contributed by atoms with Gasteiger partial charge in [-0.05, 0) is 52.7 Å². The summed E-state index contributed by atoms with van der Waals surface area (Å²) in [6.45, 7) is 17.4. The highest BCUT2D eigenvalue weighted by atomic mass is 16.5. The highest BCUT2D eigenvalue weighted by Gasteiger charge is 2.46. The number of rotatable bonds is 11. The summed E-state index contributed by atoms with van der Waals surface area (Å²) >= 11 is 0. The Hall–Kier alpha value is -2.51. The quantitative estimate of drug-likeness (QED) is 0.521. The first kappa shape index (κ1) is 24.8. The van der Waals surface area contributed by atoms with E-state index in [4.69, 9.17) is 9.72 Å². The second-order valence-electron chi connectivity index (χ2n) is 8.59. The van der Waals surface area contributed by atoms with Crippen molar-refractivity contribution < 1.29 is 9.53 Å². The molecule has 7 nitrogen and oxygen atoms in total. The third-order valence-corrected chi connectivity index (χ3v) is 5.62. The second-order valence-corrected chi connectivity index (χ2v) is 8.59. The number of fused-ring (bicyclic) bond motifs is 1. The van der Waals surface area contributed by atoms with Crippen LogP contribution in [-0.4, -0.2) is 48.2 Å². The average Bonchev–Trinajstić information content (AvgIpc) is 2.94. The number of nitrogens with zero attached hydrogens (tertiary/aromatic N) is 3. The van der Waals surface area contributed by atoms with Crippen LogP contribution in [0, 0.1) is 0 Å². The van der Waals surface area contributed by atoms with Crippen LogP contribution in [0.4, 0.5) is 11.8 Å². The van der Waals surface area contributed by atoms with E-state index >= 15 is 0 Å². The summed E-state index contributed by atoms with van der Waals surface area (Å²) in [5, 5.41) is 6.61. The molecule has 0 bridgehead atoms. The van der Waals surface area contributed by atoms with Crippen molar-refractivity contribution in [2.24, 2.45) is 0 Å². The van der Waals surface area contributed by atoms with Crippen molar-refractivity contribution >= 4 is 17.7 Å². The minimum Gasteiger partial charge on any atom is -0.383 e. The van der Waals surface area contributed by atoms with Gasteiger partial charge >= 0.3 is 0 Å². The summed E-state index contributed by atoms with van der Waals surface area (Å²) < 4.78 is 5.13. The molecule has 0 saturated carbocycles. The molecule has 1 aromatic heterocycles. The third kappa shape index (κ3) is 5.80. The molecule has 0 aromatic carbocycles. The number of anilines is 2. The zero-order valence-corrected chi connectivity index (χ0v) is 20.0. The molecule has 1 unspecified atom stereocenters. The smallest absolute Gasteiger partial charge is 0.238 e. The lowest BCUT2D eigenvalue weighted by Gasteiger charge is -2.25. The lowest BCUT2D eigenvalue weighted by atomic mass is 9.88. The first-order valence-electron chi connectivity index (χ1n) is 10.9. The van der Waals surface area contributed by atoms with Crippen LogP contribution in [0.2, 0.25) is 0 Å². The van der Waals surface area contributed by atoms with Gasteiger partial charge in [-0.2, -0.15) is 4.98 Å². The van der Waals surface area contributed by atoms with Crippen LogP contribution < -0.4 is 15.5 Å². The number of amides is 1. The van der Waals surface area contributed by atoms with Gasteiger partial charge < -0.3 is 15.4 Å². The maximum absolute atomic E-state index is 13.0. The number of methoxy groups -OCH3 is 1. The van der Waals surface area contributed by atoms with Gasteiger partial charge in [0.2, 0.25) is 11.9 Å². The Labute approximate surface area is 186 Å². The van der Waals surface area contributed by atoms with Gasteiger partial charge in [-0.1, -0.05) is 25.7 Å². The predicted molar refractivity (Wildman–Crippen MR) is 127 cm³/mol. The Bertz CT molecular complexity index is 860. The van der Waals surface area contributed by atoms with Crippen LogP contribution in [0.5, 0.6) is 0 Å². The molecule has 170 valence electrons. The SMILES string of the molecule is C=C(/C=C\C(=C/C)Nc1ncc2c(n1)N([C@@H](C)CC)C(=O)C2(C)C)CNC(C)COC. The molecule has 2 N–H and O–H groups in total. The van der Waals surface area contributed by atoms with Gasteiger partial charge in [-0.15, -0.1) is 0 Å². The van der Waals surface area contributed by atoms with Gasteiger partial charge in [-0.25, -0.2) is 4.98 Å². The molecule has 1 amide bonds. The van der Waals surface area contributed by atoms with Crippen molar-refractivity contribution in [3.63, 3.8) is 0 Å². The first-order chi connectivity index (χ1) is 14.6. The summed E-state index contributed by atoms with van der Waals surface area (Å²) in [5.41, 5.74) is 2.05. The predicted octanol–water partition coefficient (Wildman–Crippen LogP) is 3.95. The van der Waals surface area contributed by atoms with Gasteiger partial charge in [0.15, 0.2) is 0 Å². The molecule has 7 heteroatoms. The molecule has 0 radical (unpaired) electrons. The third-order valence-electron chi connectivity index (χ3n) is 5.62. The van der Waals surface area contributed by atoms with E-state index in [-0.39, 0.29) is 18.0 Å². The zero-order valence-electron chi connectivity index (χ0n) is 20.0. The number of nitrogens with one attached hydrogen (secondary N) is 2. The number of aromatic nitrogens is 2. The number of allylic oxidation sites excluding steroid dienone is 2. The fraction of sp³-hybridized carbons (Fsp3) is 0.542. The van der Waals surface area contributed by atoms with Crippen molar-refractivity contribution in [3.8, 4) is 0 Å². The molecular formula is C24H37N5O2. The van der Waals surface area contributed by atoms with Crippen LogP contribution >= 0.6 is 0 Å². The monoisotopic (exact) mass is 427 g/mol. The molecule has 0 saturated heterocycles. The fourth-order valence-electron chi connectivity index (χ4n) is 3.38. The fourth-order valence-corrected chi connectivity index (χ4v) is 3.38. The molecule has 0 spiro atoms. The van der Waals surface area contributed by atoms with Crippen molar-refractivity contribution in [3.05, 3.63) is 47.8 Å². The second kappa shape index (κ2) is 10.7. The summed E-state index contributed by atoms with van der Waals surface area (Å²) in [5.74, 6) is 1.23. The number of ether oxygens (including phenoxy) is 1. The van der Waals surface area contributed by atoms with E-state index in [1.165, 1.54) is 0 Å². The Morgan fingerprint density at radius 3 is 2.68 bits per heavy atom. The normalized spacial score (nSPS) is 17.7. The van der Waals surface area contributed by atoms with Gasteiger partial charge in [-0.3, -0.25) is 9.69 Å². The molecule has 1 aliphatic rings. The highest BCUT2D eigenvalue weighted by Crippen LogP contribution is 2.41. The maximum Gasteiger partial charge on any atom is 0.238 e. The number of carbonyl (C=O) groups is 1. The van der Waals surface area contributed by atoms with Crippen LogP contribution in [0.15, 0.2) is 42.3 Å². The summed E-state index contributed by atoms with van der Waals surface area (Å²) in [7, 11) is 1.69. The molecule has 31 heavy (non-hydrogen) atoms. The molecule has 0 aliphatic carbocycles. The molecule has 2 atom stereocenters. The molecule has 2 heterocycles. The Balaban J connectivity index is 2.13. The maximum atomic E-state index is 13.0. The van der Waals surface area contributed by atoms with Gasteiger partial charge in [0.05, 0.1) is 12.0 Å². The van der Waals surface area contributed by atoms with Gasteiger partial charge in [0.25, 0.3) is 0 Å². The van der Waals surface area contributed by atoms with E-state index in [2.05, 4.69) is 36.0 Å². The van der Waals surface area contributed by atoms with Crippen LogP contribution in [0.1, 0.15) is 53.5 Å². The van der Waals surface area contributed by atoms with E-state index in [1.807, 2.05) is 50.8 Å². The Kier molecular flexibility index (Phi) is 8.53. The highest BCUT2D eigenvalue weighted by molar-refractivity contribution is 6.07. The molecular weight excluding hydrogens is 390 g/mol. The van der Waals surface area contributed by atoms with Crippen molar-refractivity contribution in [2.45, 2.75) is 65.5 Å². The first-order valence-corrected chi connectivity index (χ1v) is 10.9. The molecule has 2 rings (SSSR count). The lowest BCUT2D eigenvalue weighted by Crippen LogP contribution is -2.41.